The fourth-order valence-electron chi connectivity index (χ4n) is 2.22. The summed E-state index contributed by atoms with van der Waals surface area (Å²) in [5, 5.41) is 0. The third kappa shape index (κ3) is 3.89. The molecule has 0 bridgehead atoms. The molecule has 1 aliphatic rings. The van der Waals surface area contributed by atoms with Crippen LogP contribution in [0, 0.1) is 0 Å². The van der Waals surface area contributed by atoms with Crippen LogP contribution in [0.15, 0.2) is 48.5 Å². The first-order chi connectivity index (χ1) is 11.6. The molecular formula is C17H10F6O2. The van der Waals surface area contributed by atoms with Crippen molar-refractivity contribution in [1.82, 2.24) is 0 Å². The Kier molecular flexibility index (Phi) is 4.14. The predicted molar refractivity (Wildman–Crippen MR) is 77.5 cm³/mol. The lowest BCUT2D eigenvalue weighted by molar-refractivity contribution is -0.180. The molecule has 1 heterocycles. The maximum absolute atomic E-state index is 12.6. The summed E-state index contributed by atoms with van der Waals surface area (Å²) < 4.78 is 85.7. The average Bonchev–Trinajstić information content (AvgIpc) is 2.53. The molecule has 0 saturated heterocycles. The maximum Gasteiger partial charge on any atom is 0.429 e. The summed E-state index contributed by atoms with van der Waals surface area (Å²) in [7, 11) is 0. The molecule has 0 aliphatic carbocycles. The summed E-state index contributed by atoms with van der Waals surface area (Å²) in [6.45, 7) is 0. The number of rotatable bonds is 2. The topological polar surface area (TPSA) is 18.5 Å². The van der Waals surface area contributed by atoms with Crippen molar-refractivity contribution in [3.63, 3.8) is 0 Å². The number of fused-ring (bicyclic) bond motifs is 1. The Morgan fingerprint density at radius 3 is 2.08 bits per heavy atom. The van der Waals surface area contributed by atoms with Crippen LogP contribution >= 0.6 is 0 Å². The van der Waals surface area contributed by atoms with Gasteiger partial charge in [0.15, 0.2) is 0 Å². The minimum Gasteiger partial charge on any atom is -0.476 e. The van der Waals surface area contributed by atoms with Crippen molar-refractivity contribution in [2.24, 2.45) is 0 Å². The Hall–Kier alpha value is -2.64. The zero-order valence-corrected chi connectivity index (χ0v) is 12.4. The van der Waals surface area contributed by atoms with E-state index in [1.807, 2.05) is 0 Å². The highest BCUT2D eigenvalue weighted by molar-refractivity contribution is 5.62. The van der Waals surface area contributed by atoms with Crippen LogP contribution in [0.2, 0.25) is 0 Å². The molecule has 1 atom stereocenters. The predicted octanol–water partition coefficient (Wildman–Crippen LogP) is 5.83. The van der Waals surface area contributed by atoms with Crippen molar-refractivity contribution < 1.29 is 35.8 Å². The third-order valence-corrected chi connectivity index (χ3v) is 3.43. The largest absolute Gasteiger partial charge is 0.476 e. The van der Waals surface area contributed by atoms with E-state index < -0.39 is 24.0 Å². The van der Waals surface area contributed by atoms with Gasteiger partial charge in [-0.1, -0.05) is 6.08 Å². The number of hydrogen-bond donors (Lipinski definition) is 0. The van der Waals surface area contributed by atoms with Gasteiger partial charge in [0.05, 0.1) is 5.56 Å². The van der Waals surface area contributed by atoms with E-state index >= 15 is 0 Å². The van der Waals surface area contributed by atoms with Crippen LogP contribution in [0.4, 0.5) is 26.3 Å². The van der Waals surface area contributed by atoms with Crippen molar-refractivity contribution in [3.05, 3.63) is 59.7 Å². The van der Waals surface area contributed by atoms with E-state index in [4.69, 9.17) is 9.47 Å². The molecule has 3 rings (SSSR count). The summed E-state index contributed by atoms with van der Waals surface area (Å²) in [6.07, 6.45) is -8.83. The van der Waals surface area contributed by atoms with Crippen molar-refractivity contribution in [3.8, 4) is 17.2 Å². The SMILES string of the molecule is FC(F)(F)c1ccc(Oc2ccc3c(c2)C=C[C@@H](C(F)(F)F)O3)cc1. The van der Waals surface area contributed by atoms with Gasteiger partial charge in [-0.05, 0) is 48.5 Å². The van der Waals surface area contributed by atoms with Gasteiger partial charge in [0.1, 0.15) is 17.2 Å². The normalized spacial score (nSPS) is 17.0. The van der Waals surface area contributed by atoms with Gasteiger partial charge in [0.25, 0.3) is 0 Å². The van der Waals surface area contributed by atoms with Crippen LogP contribution in [0.1, 0.15) is 11.1 Å². The van der Waals surface area contributed by atoms with Crippen molar-refractivity contribution in [2.75, 3.05) is 0 Å². The lowest BCUT2D eigenvalue weighted by atomic mass is 10.1. The van der Waals surface area contributed by atoms with Crippen LogP contribution < -0.4 is 9.47 Å². The monoisotopic (exact) mass is 360 g/mol. The fourth-order valence-corrected chi connectivity index (χ4v) is 2.22. The second-order valence-electron chi connectivity index (χ2n) is 5.26. The molecule has 2 aromatic rings. The molecule has 132 valence electrons. The quantitative estimate of drug-likeness (QED) is 0.627. The summed E-state index contributed by atoms with van der Waals surface area (Å²) in [5.74, 6) is 0.476. The first kappa shape index (κ1) is 17.2. The molecule has 2 nitrogen and oxygen atoms in total. The first-order valence-electron chi connectivity index (χ1n) is 7.04. The van der Waals surface area contributed by atoms with E-state index in [-0.39, 0.29) is 17.2 Å². The van der Waals surface area contributed by atoms with Crippen LogP contribution in [-0.2, 0) is 6.18 Å². The van der Waals surface area contributed by atoms with E-state index in [0.717, 1.165) is 30.3 Å². The minimum atomic E-state index is -4.51. The molecule has 25 heavy (non-hydrogen) atoms. The maximum atomic E-state index is 12.6. The molecule has 0 saturated carbocycles. The lowest BCUT2D eigenvalue weighted by Crippen LogP contribution is -2.33. The summed E-state index contributed by atoms with van der Waals surface area (Å²) in [4.78, 5) is 0. The van der Waals surface area contributed by atoms with E-state index in [1.54, 1.807) is 0 Å². The van der Waals surface area contributed by atoms with E-state index in [0.29, 0.717) is 5.56 Å². The minimum absolute atomic E-state index is 0.0459. The molecule has 0 spiro atoms. The van der Waals surface area contributed by atoms with Crippen molar-refractivity contribution in [1.29, 1.82) is 0 Å². The van der Waals surface area contributed by atoms with Crippen molar-refractivity contribution in [2.45, 2.75) is 18.5 Å². The molecular weight excluding hydrogens is 350 g/mol. The van der Waals surface area contributed by atoms with Gasteiger partial charge in [-0.25, -0.2) is 0 Å². The van der Waals surface area contributed by atoms with Gasteiger partial charge in [-0.2, -0.15) is 26.3 Å². The van der Waals surface area contributed by atoms with Gasteiger partial charge in [0.2, 0.25) is 6.10 Å². The Morgan fingerprint density at radius 2 is 1.48 bits per heavy atom. The van der Waals surface area contributed by atoms with Crippen LogP contribution in [0.3, 0.4) is 0 Å². The molecule has 0 radical (unpaired) electrons. The number of hydrogen-bond acceptors (Lipinski definition) is 2. The first-order valence-corrected chi connectivity index (χ1v) is 7.04. The Balaban J connectivity index is 1.76. The molecule has 8 heteroatoms. The Morgan fingerprint density at radius 1 is 0.840 bits per heavy atom. The zero-order valence-electron chi connectivity index (χ0n) is 12.4. The number of benzene rings is 2. The van der Waals surface area contributed by atoms with E-state index in [1.165, 1.54) is 24.3 Å². The van der Waals surface area contributed by atoms with Gasteiger partial charge in [-0.3, -0.25) is 0 Å². The highest BCUT2D eigenvalue weighted by Gasteiger charge is 2.41. The number of halogens is 6. The molecule has 0 N–H and O–H groups in total. The average molecular weight is 360 g/mol. The second-order valence-corrected chi connectivity index (χ2v) is 5.26. The van der Waals surface area contributed by atoms with Gasteiger partial charge in [-0.15, -0.1) is 0 Å². The summed E-state index contributed by atoms with van der Waals surface area (Å²) in [5.41, 5.74) is -0.426. The number of alkyl halides is 6. The summed E-state index contributed by atoms with van der Waals surface area (Å²) >= 11 is 0. The molecule has 0 unspecified atom stereocenters. The highest BCUT2D eigenvalue weighted by Crippen LogP contribution is 2.36. The molecule has 2 aromatic carbocycles. The molecule has 0 amide bonds. The van der Waals surface area contributed by atoms with Gasteiger partial charge in [0, 0.05) is 5.56 Å². The van der Waals surface area contributed by atoms with Crippen LogP contribution in [0.25, 0.3) is 6.08 Å². The smallest absolute Gasteiger partial charge is 0.429 e. The number of ether oxygens (including phenoxy) is 2. The zero-order chi connectivity index (χ0) is 18.2. The van der Waals surface area contributed by atoms with Gasteiger partial charge >= 0.3 is 12.4 Å². The Labute approximate surface area is 138 Å². The van der Waals surface area contributed by atoms with Gasteiger partial charge < -0.3 is 9.47 Å². The fraction of sp³-hybridized carbons (Fsp3) is 0.176. The van der Waals surface area contributed by atoms with Crippen LogP contribution in [0.5, 0.6) is 17.2 Å². The van der Waals surface area contributed by atoms with E-state index in [9.17, 15) is 26.3 Å². The van der Waals surface area contributed by atoms with Crippen LogP contribution in [-0.4, -0.2) is 12.3 Å². The second kappa shape index (κ2) is 6.02. The molecule has 0 aromatic heterocycles. The molecule has 1 aliphatic heterocycles. The highest BCUT2D eigenvalue weighted by atomic mass is 19.4. The summed E-state index contributed by atoms with van der Waals surface area (Å²) in [6, 6.07) is 8.22. The lowest BCUT2D eigenvalue weighted by Gasteiger charge is -2.23. The van der Waals surface area contributed by atoms with E-state index in [2.05, 4.69) is 0 Å². The molecule has 0 fully saturated rings. The third-order valence-electron chi connectivity index (χ3n) is 3.43. The Bertz CT molecular complexity index is 790. The van der Waals surface area contributed by atoms with Crippen molar-refractivity contribution >= 4 is 6.08 Å². The standard InChI is InChI=1S/C17H10F6O2/c18-16(19,20)11-2-4-12(5-3-11)24-13-6-7-14-10(9-13)1-8-15(25-14)17(21,22)23/h1-9,15H/t15-/m0/s1.